The second kappa shape index (κ2) is 5.33. The molecule has 1 aliphatic carbocycles. The summed E-state index contributed by atoms with van der Waals surface area (Å²) in [5.74, 6) is 1.81. The average Bonchev–Trinajstić information content (AvgIpc) is 3.23. The maximum atomic E-state index is 5.38. The molecule has 2 unspecified atom stereocenters. The third-order valence-corrected chi connectivity index (χ3v) is 4.67. The molecular weight excluding hydrogens is 304 g/mol. The molecule has 0 bridgehead atoms. The van der Waals surface area contributed by atoms with Crippen molar-refractivity contribution in [3.05, 3.63) is 22.7 Å². The van der Waals surface area contributed by atoms with Crippen molar-refractivity contribution in [1.82, 2.24) is 5.32 Å². The van der Waals surface area contributed by atoms with E-state index in [0.717, 1.165) is 29.2 Å². The van der Waals surface area contributed by atoms with Gasteiger partial charge in [-0.05, 0) is 37.8 Å². The van der Waals surface area contributed by atoms with E-state index in [2.05, 4.69) is 45.2 Å². The van der Waals surface area contributed by atoms with Crippen molar-refractivity contribution in [2.45, 2.75) is 31.8 Å². The zero-order valence-electron chi connectivity index (χ0n) is 11.5. The van der Waals surface area contributed by atoms with Gasteiger partial charge in [0.25, 0.3) is 0 Å². The van der Waals surface area contributed by atoms with Crippen LogP contribution in [0, 0.1) is 5.92 Å². The van der Waals surface area contributed by atoms with E-state index in [1.165, 1.54) is 18.5 Å². The van der Waals surface area contributed by atoms with Crippen molar-refractivity contribution in [3.63, 3.8) is 0 Å². The molecule has 1 heterocycles. The highest BCUT2D eigenvalue weighted by molar-refractivity contribution is 9.10. The molecule has 1 saturated carbocycles. The molecule has 1 aromatic rings. The number of benzene rings is 1. The SMILES string of the molecule is COc1cc(Br)cc(N2CC(C3CC3)NCC2C)c1. The normalized spacial score (nSPS) is 27.4. The van der Waals surface area contributed by atoms with Crippen LogP contribution in [0.4, 0.5) is 5.69 Å². The van der Waals surface area contributed by atoms with Crippen LogP contribution in [0.15, 0.2) is 22.7 Å². The molecule has 1 aromatic carbocycles. The molecule has 0 radical (unpaired) electrons. The summed E-state index contributed by atoms with van der Waals surface area (Å²) >= 11 is 3.57. The Morgan fingerprint density at radius 3 is 2.79 bits per heavy atom. The summed E-state index contributed by atoms with van der Waals surface area (Å²) < 4.78 is 6.46. The second-order valence-corrected chi connectivity index (χ2v) is 6.62. The first kappa shape index (κ1) is 13.3. The molecule has 3 rings (SSSR count). The summed E-state index contributed by atoms with van der Waals surface area (Å²) in [7, 11) is 1.72. The van der Waals surface area contributed by atoms with Crippen LogP contribution >= 0.6 is 15.9 Å². The first-order valence-corrected chi connectivity index (χ1v) is 7.81. The first-order chi connectivity index (χ1) is 9.17. The summed E-state index contributed by atoms with van der Waals surface area (Å²) in [4.78, 5) is 2.51. The predicted molar refractivity (Wildman–Crippen MR) is 82.0 cm³/mol. The fourth-order valence-corrected chi connectivity index (χ4v) is 3.35. The Bertz CT molecular complexity index is 461. The van der Waals surface area contributed by atoms with Gasteiger partial charge in [0.1, 0.15) is 5.75 Å². The molecule has 2 atom stereocenters. The molecular formula is C15H21BrN2O. The van der Waals surface area contributed by atoms with Gasteiger partial charge in [0, 0.05) is 41.4 Å². The third-order valence-electron chi connectivity index (χ3n) is 4.22. The summed E-state index contributed by atoms with van der Waals surface area (Å²) in [6.45, 7) is 4.45. The van der Waals surface area contributed by atoms with Crippen molar-refractivity contribution in [2.75, 3.05) is 25.1 Å². The molecule has 1 aliphatic heterocycles. The molecule has 2 fully saturated rings. The van der Waals surface area contributed by atoms with Gasteiger partial charge in [0.05, 0.1) is 7.11 Å². The van der Waals surface area contributed by atoms with E-state index in [1.807, 2.05) is 6.07 Å². The topological polar surface area (TPSA) is 24.5 Å². The maximum Gasteiger partial charge on any atom is 0.122 e. The monoisotopic (exact) mass is 324 g/mol. The van der Waals surface area contributed by atoms with Gasteiger partial charge >= 0.3 is 0 Å². The van der Waals surface area contributed by atoms with Crippen LogP contribution in [0.25, 0.3) is 0 Å². The van der Waals surface area contributed by atoms with Crippen LogP contribution < -0.4 is 15.0 Å². The predicted octanol–water partition coefficient (Wildman–Crippen LogP) is 3.03. The van der Waals surface area contributed by atoms with Gasteiger partial charge < -0.3 is 15.0 Å². The summed E-state index contributed by atoms with van der Waals surface area (Å²) in [5.41, 5.74) is 1.26. The lowest BCUT2D eigenvalue weighted by Crippen LogP contribution is -2.56. The number of hydrogen-bond acceptors (Lipinski definition) is 3. The van der Waals surface area contributed by atoms with E-state index in [1.54, 1.807) is 7.11 Å². The van der Waals surface area contributed by atoms with Gasteiger partial charge in [0.2, 0.25) is 0 Å². The molecule has 19 heavy (non-hydrogen) atoms. The van der Waals surface area contributed by atoms with Gasteiger partial charge in [0.15, 0.2) is 0 Å². The first-order valence-electron chi connectivity index (χ1n) is 7.02. The lowest BCUT2D eigenvalue weighted by molar-refractivity contribution is 0.375. The zero-order chi connectivity index (χ0) is 13.4. The smallest absolute Gasteiger partial charge is 0.122 e. The van der Waals surface area contributed by atoms with E-state index in [0.29, 0.717) is 12.1 Å². The fourth-order valence-electron chi connectivity index (χ4n) is 2.89. The van der Waals surface area contributed by atoms with Crippen LogP contribution in [-0.4, -0.2) is 32.3 Å². The van der Waals surface area contributed by atoms with Gasteiger partial charge in [-0.2, -0.15) is 0 Å². The van der Waals surface area contributed by atoms with Crippen LogP contribution in [-0.2, 0) is 0 Å². The van der Waals surface area contributed by atoms with E-state index in [9.17, 15) is 0 Å². The molecule has 1 N–H and O–H groups in total. The number of nitrogens with zero attached hydrogens (tertiary/aromatic N) is 1. The van der Waals surface area contributed by atoms with E-state index in [-0.39, 0.29) is 0 Å². The number of piperazine rings is 1. The number of halogens is 1. The van der Waals surface area contributed by atoms with Gasteiger partial charge in [-0.25, -0.2) is 0 Å². The summed E-state index contributed by atoms with van der Waals surface area (Å²) in [5, 5.41) is 3.69. The Hall–Kier alpha value is -0.740. The lowest BCUT2D eigenvalue weighted by Gasteiger charge is -2.40. The summed E-state index contributed by atoms with van der Waals surface area (Å²) in [6.07, 6.45) is 2.78. The van der Waals surface area contributed by atoms with E-state index < -0.39 is 0 Å². The van der Waals surface area contributed by atoms with Crippen molar-refractivity contribution >= 4 is 21.6 Å². The summed E-state index contributed by atoms with van der Waals surface area (Å²) in [6, 6.07) is 7.51. The van der Waals surface area contributed by atoms with Crippen LogP contribution in [0.2, 0.25) is 0 Å². The number of anilines is 1. The standard InChI is InChI=1S/C15H21BrN2O/c1-10-8-17-15(11-3-4-11)9-18(10)13-5-12(16)6-14(7-13)19-2/h5-7,10-11,15,17H,3-4,8-9H2,1-2H3. The maximum absolute atomic E-state index is 5.38. The second-order valence-electron chi connectivity index (χ2n) is 5.70. The number of hydrogen-bond donors (Lipinski definition) is 1. The molecule has 2 aliphatic rings. The lowest BCUT2D eigenvalue weighted by atomic mass is 10.1. The molecule has 104 valence electrons. The van der Waals surface area contributed by atoms with Crippen molar-refractivity contribution in [2.24, 2.45) is 5.92 Å². The van der Waals surface area contributed by atoms with Crippen LogP contribution in [0.1, 0.15) is 19.8 Å². The quantitative estimate of drug-likeness (QED) is 0.924. The third kappa shape index (κ3) is 2.90. The molecule has 0 spiro atoms. The number of nitrogens with one attached hydrogen (secondary N) is 1. The van der Waals surface area contributed by atoms with Gasteiger partial charge in [-0.15, -0.1) is 0 Å². The number of methoxy groups -OCH3 is 1. The Balaban J connectivity index is 1.83. The van der Waals surface area contributed by atoms with Gasteiger partial charge in [-0.1, -0.05) is 15.9 Å². The highest BCUT2D eigenvalue weighted by atomic mass is 79.9. The Kier molecular flexibility index (Phi) is 3.72. The minimum absolute atomic E-state index is 0.522. The average molecular weight is 325 g/mol. The minimum Gasteiger partial charge on any atom is -0.497 e. The Morgan fingerprint density at radius 2 is 2.11 bits per heavy atom. The minimum atomic E-state index is 0.522. The van der Waals surface area contributed by atoms with Crippen molar-refractivity contribution in [1.29, 1.82) is 0 Å². The number of ether oxygens (including phenoxy) is 1. The molecule has 4 heteroatoms. The van der Waals surface area contributed by atoms with E-state index in [4.69, 9.17) is 4.74 Å². The van der Waals surface area contributed by atoms with Crippen LogP contribution in [0.5, 0.6) is 5.75 Å². The molecule has 1 saturated heterocycles. The van der Waals surface area contributed by atoms with Crippen molar-refractivity contribution in [3.8, 4) is 5.75 Å². The fraction of sp³-hybridized carbons (Fsp3) is 0.600. The van der Waals surface area contributed by atoms with Crippen molar-refractivity contribution < 1.29 is 4.74 Å². The highest BCUT2D eigenvalue weighted by Gasteiger charge is 2.36. The molecule has 0 amide bonds. The molecule has 3 nitrogen and oxygen atoms in total. The zero-order valence-corrected chi connectivity index (χ0v) is 13.1. The molecule has 0 aromatic heterocycles. The number of rotatable bonds is 3. The van der Waals surface area contributed by atoms with Gasteiger partial charge in [-0.3, -0.25) is 0 Å². The van der Waals surface area contributed by atoms with Crippen LogP contribution in [0.3, 0.4) is 0 Å². The largest absolute Gasteiger partial charge is 0.497 e. The van der Waals surface area contributed by atoms with E-state index >= 15 is 0 Å². The Labute approximate surface area is 123 Å². The Morgan fingerprint density at radius 1 is 1.32 bits per heavy atom. The highest BCUT2D eigenvalue weighted by Crippen LogP contribution is 2.36.